The third-order valence-electron chi connectivity index (χ3n) is 6.21. The van der Waals surface area contributed by atoms with Crippen molar-refractivity contribution in [2.24, 2.45) is 5.73 Å². The number of primary amides is 1. The maximum Gasteiger partial charge on any atom is 0.410 e. The Morgan fingerprint density at radius 3 is 2.54 bits per heavy atom. The van der Waals surface area contributed by atoms with Crippen LogP contribution in [0.5, 0.6) is 11.5 Å². The number of likely N-dealkylation sites (tertiary alicyclic amines) is 1. The van der Waals surface area contributed by atoms with E-state index in [0.29, 0.717) is 35.7 Å². The number of ether oxygens (including phenoxy) is 2. The van der Waals surface area contributed by atoms with Gasteiger partial charge in [0, 0.05) is 30.1 Å². The fraction of sp³-hybridized carbons (Fsp3) is 0.296. The number of aromatic nitrogens is 3. The molecule has 0 spiro atoms. The van der Waals surface area contributed by atoms with E-state index in [1.54, 1.807) is 53.6 Å². The van der Waals surface area contributed by atoms with Crippen molar-refractivity contribution in [2.75, 3.05) is 13.1 Å². The van der Waals surface area contributed by atoms with Gasteiger partial charge in [0.2, 0.25) is 0 Å². The summed E-state index contributed by atoms with van der Waals surface area (Å²) in [5.41, 5.74) is 8.12. The van der Waals surface area contributed by atoms with E-state index >= 15 is 0 Å². The number of para-hydroxylation sites is 1. The molecule has 1 fully saturated rings. The van der Waals surface area contributed by atoms with Crippen LogP contribution in [0.15, 0.2) is 54.7 Å². The smallest absolute Gasteiger partial charge is 0.410 e. The number of rotatable bonds is 5. The minimum Gasteiger partial charge on any atom is -0.454 e. The molecule has 4 aromatic rings. The van der Waals surface area contributed by atoms with Crippen molar-refractivity contribution < 1.29 is 23.5 Å². The molecule has 0 aliphatic carbocycles. The summed E-state index contributed by atoms with van der Waals surface area (Å²) in [6.07, 6.45) is 2.10. The van der Waals surface area contributed by atoms with E-state index in [2.05, 4.69) is 10.1 Å². The molecule has 2 amide bonds. The van der Waals surface area contributed by atoms with Crippen LogP contribution >= 0.6 is 0 Å². The Labute approximate surface area is 213 Å². The molecule has 5 rings (SSSR count). The number of amides is 2. The van der Waals surface area contributed by atoms with E-state index in [0.717, 1.165) is 12.0 Å². The van der Waals surface area contributed by atoms with Gasteiger partial charge in [-0.3, -0.25) is 4.79 Å². The Hall–Kier alpha value is -4.34. The molecule has 1 unspecified atom stereocenters. The number of carbonyl (C=O) groups excluding carboxylic acids is 2. The van der Waals surface area contributed by atoms with Gasteiger partial charge in [-0.2, -0.15) is 5.10 Å². The normalized spacial score (nSPS) is 15.8. The molecule has 1 atom stereocenters. The van der Waals surface area contributed by atoms with Crippen molar-refractivity contribution in [1.82, 2.24) is 19.5 Å². The molecule has 9 nitrogen and oxygen atoms in total. The van der Waals surface area contributed by atoms with E-state index in [-0.39, 0.29) is 23.5 Å². The van der Waals surface area contributed by atoms with Crippen molar-refractivity contribution in [3.8, 4) is 22.8 Å². The minimum atomic E-state index is -0.635. The summed E-state index contributed by atoms with van der Waals surface area (Å²) in [6, 6.07) is 13.0. The molecule has 0 bridgehead atoms. The number of fused-ring (bicyclic) bond motifs is 1. The number of carbonyl (C=O) groups is 2. The first-order valence-electron chi connectivity index (χ1n) is 12.0. The summed E-state index contributed by atoms with van der Waals surface area (Å²) < 4.78 is 26.6. The van der Waals surface area contributed by atoms with Gasteiger partial charge in [-0.15, -0.1) is 0 Å². The van der Waals surface area contributed by atoms with Crippen LogP contribution < -0.4 is 10.5 Å². The summed E-state index contributed by atoms with van der Waals surface area (Å²) in [5.74, 6) is -0.510. The molecule has 3 N–H and O–H groups in total. The number of hydrogen-bond acceptors (Lipinski definition) is 5. The molecule has 37 heavy (non-hydrogen) atoms. The van der Waals surface area contributed by atoms with Crippen molar-refractivity contribution >= 4 is 17.6 Å². The van der Waals surface area contributed by atoms with Crippen LogP contribution in [0, 0.1) is 5.82 Å². The molecule has 10 heteroatoms. The molecule has 1 aliphatic heterocycles. The highest BCUT2D eigenvalue weighted by atomic mass is 19.1. The van der Waals surface area contributed by atoms with Gasteiger partial charge in [0.15, 0.2) is 17.3 Å². The van der Waals surface area contributed by atoms with Crippen LogP contribution in [0.25, 0.3) is 16.9 Å². The second-order valence-electron chi connectivity index (χ2n) is 10.0. The van der Waals surface area contributed by atoms with Gasteiger partial charge in [-0.05, 0) is 63.6 Å². The highest BCUT2D eigenvalue weighted by Crippen LogP contribution is 2.34. The largest absolute Gasteiger partial charge is 0.454 e. The minimum absolute atomic E-state index is 0.0220. The predicted octanol–water partition coefficient (Wildman–Crippen LogP) is 5.08. The van der Waals surface area contributed by atoms with E-state index in [9.17, 15) is 14.0 Å². The fourth-order valence-corrected chi connectivity index (χ4v) is 4.53. The molecule has 2 aromatic heterocycles. The molecule has 3 heterocycles. The van der Waals surface area contributed by atoms with Crippen molar-refractivity contribution in [1.29, 1.82) is 0 Å². The highest BCUT2D eigenvalue weighted by molar-refractivity contribution is 5.98. The molecular formula is C27H28FN5O4. The average molecular weight is 506 g/mol. The van der Waals surface area contributed by atoms with Crippen molar-refractivity contribution in [3.05, 3.63) is 71.8 Å². The molecule has 192 valence electrons. The zero-order valence-electron chi connectivity index (χ0n) is 20.8. The van der Waals surface area contributed by atoms with Crippen LogP contribution in [-0.2, 0) is 4.74 Å². The second kappa shape index (κ2) is 9.27. The Balaban J connectivity index is 1.42. The number of imidazole rings is 1. The van der Waals surface area contributed by atoms with Crippen LogP contribution in [0.3, 0.4) is 0 Å². The van der Waals surface area contributed by atoms with Gasteiger partial charge in [0.05, 0.1) is 11.9 Å². The number of benzene rings is 2. The molecule has 1 aliphatic rings. The van der Waals surface area contributed by atoms with E-state index in [1.165, 1.54) is 10.6 Å². The molecule has 0 radical (unpaired) electrons. The summed E-state index contributed by atoms with van der Waals surface area (Å²) in [4.78, 5) is 29.9. The SMILES string of the molecule is CC(C)(C)OC(=O)N1CCC(c2cnn3c(C(N)=O)c(-c4ccc(Oc5ccccc5F)cc4)[nH]c23)C1. The summed E-state index contributed by atoms with van der Waals surface area (Å²) in [7, 11) is 0. The van der Waals surface area contributed by atoms with Gasteiger partial charge in [0.1, 0.15) is 17.0 Å². The average Bonchev–Trinajstić information content (AvgIpc) is 3.55. The molecule has 1 saturated heterocycles. The number of nitrogens with zero attached hydrogens (tertiary/aromatic N) is 3. The second-order valence-corrected chi connectivity index (χ2v) is 10.0. The lowest BCUT2D eigenvalue weighted by Crippen LogP contribution is -2.35. The molecular weight excluding hydrogens is 477 g/mol. The number of nitrogens with two attached hydrogens (primary N) is 1. The zero-order chi connectivity index (χ0) is 26.3. The summed E-state index contributed by atoms with van der Waals surface area (Å²) in [6.45, 7) is 6.56. The van der Waals surface area contributed by atoms with Gasteiger partial charge >= 0.3 is 6.09 Å². The zero-order valence-corrected chi connectivity index (χ0v) is 20.8. The number of H-pyrrole nitrogens is 1. The Bertz CT molecular complexity index is 1470. The first-order chi connectivity index (χ1) is 17.6. The Kier molecular flexibility index (Phi) is 6.10. The lowest BCUT2D eigenvalue weighted by molar-refractivity contribution is 0.0292. The number of halogens is 1. The monoisotopic (exact) mass is 505 g/mol. The summed E-state index contributed by atoms with van der Waals surface area (Å²) >= 11 is 0. The van der Waals surface area contributed by atoms with Gasteiger partial charge in [-0.25, -0.2) is 13.7 Å². The first-order valence-corrected chi connectivity index (χ1v) is 12.0. The maximum absolute atomic E-state index is 13.9. The maximum atomic E-state index is 13.9. The fourth-order valence-electron chi connectivity index (χ4n) is 4.53. The standard InChI is InChI=1S/C27H28FN5O4/c1-27(2,3)37-26(35)32-13-12-17(15-32)19-14-30-33-23(24(29)34)22(31-25(19)33)16-8-10-18(11-9-16)36-21-7-5-4-6-20(21)28/h4-11,14,17,31H,12-13,15H2,1-3H3,(H2,29,34). The number of nitrogens with one attached hydrogen (secondary N) is 1. The van der Waals surface area contributed by atoms with E-state index in [4.69, 9.17) is 15.2 Å². The topological polar surface area (TPSA) is 115 Å². The van der Waals surface area contributed by atoms with Gasteiger partial charge < -0.3 is 25.1 Å². The lowest BCUT2D eigenvalue weighted by Gasteiger charge is -2.24. The third-order valence-corrected chi connectivity index (χ3v) is 6.21. The summed E-state index contributed by atoms with van der Waals surface area (Å²) in [5, 5.41) is 4.43. The van der Waals surface area contributed by atoms with Crippen molar-refractivity contribution in [2.45, 2.75) is 38.7 Å². The van der Waals surface area contributed by atoms with Crippen LogP contribution in [0.4, 0.5) is 9.18 Å². The molecule has 0 saturated carbocycles. The van der Waals surface area contributed by atoms with Gasteiger partial charge in [0.25, 0.3) is 5.91 Å². The van der Waals surface area contributed by atoms with E-state index < -0.39 is 17.3 Å². The Morgan fingerprint density at radius 2 is 1.86 bits per heavy atom. The first kappa shape index (κ1) is 24.4. The predicted molar refractivity (Wildman–Crippen MR) is 135 cm³/mol. The third kappa shape index (κ3) is 4.87. The number of aromatic amines is 1. The van der Waals surface area contributed by atoms with E-state index in [1.807, 2.05) is 20.8 Å². The highest BCUT2D eigenvalue weighted by Gasteiger charge is 2.33. The van der Waals surface area contributed by atoms with Crippen molar-refractivity contribution in [3.63, 3.8) is 0 Å². The van der Waals surface area contributed by atoms with Crippen LogP contribution in [0.1, 0.15) is 49.2 Å². The van der Waals surface area contributed by atoms with Crippen LogP contribution in [-0.4, -0.2) is 50.2 Å². The Morgan fingerprint density at radius 1 is 1.14 bits per heavy atom. The molecule has 2 aromatic carbocycles. The lowest BCUT2D eigenvalue weighted by atomic mass is 10.0. The van der Waals surface area contributed by atoms with Gasteiger partial charge in [-0.1, -0.05) is 12.1 Å². The van der Waals surface area contributed by atoms with Crippen LogP contribution in [0.2, 0.25) is 0 Å². The quantitative estimate of drug-likeness (QED) is 0.392. The number of hydrogen-bond donors (Lipinski definition) is 2.